The van der Waals surface area contributed by atoms with Crippen molar-refractivity contribution in [2.45, 2.75) is 11.6 Å². The monoisotopic (exact) mass is 583 g/mol. The van der Waals surface area contributed by atoms with Gasteiger partial charge in [-0.05, 0) is 12.1 Å². The molecule has 0 bridgehead atoms. The summed E-state index contributed by atoms with van der Waals surface area (Å²) in [5.41, 5.74) is -4.65. The van der Waals surface area contributed by atoms with Gasteiger partial charge in [0.1, 0.15) is 35.2 Å². The first-order valence-electron chi connectivity index (χ1n) is 12.1. The highest BCUT2D eigenvalue weighted by atomic mass is 16.6. The molecule has 0 unspecified atom stereocenters. The van der Waals surface area contributed by atoms with Crippen molar-refractivity contribution in [1.82, 2.24) is 4.57 Å². The molecule has 1 aromatic heterocycles. The van der Waals surface area contributed by atoms with Crippen LogP contribution in [0.5, 0.6) is 0 Å². The van der Waals surface area contributed by atoms with E-state index in [9.17, 15) is 34.0 Å². The van der Waals surface area contributed by atoms with E-state index in [0.29, 0.717) is 0 Å². The molecule has 15 heteroatoms. The number of esters is 6. The molecular weight excluding hydrogens is 558 g/mol. The van der Waals surface area contributed by atoms with E-state index in [4.69, 9.17) is 28.4 Å². The molecule has 0 saturated carbocycles. The fraction of sp³-hybridized carbons (Fsp3) is 0.370. The maximum Gasteiger partial charge on any atom is 0.356 e. The second-order valence-corrected chi connectivity index (χ2v) is 9.01. The average molecular weight is 584 g/mol. The standard InChI is InChI=1S/C27H25N3O12/c1-37-21(31)15-12(11-28)20-27(26(36)42-6)17(23(33)39-3)16(22(32)38-2)19(25(35)41-5)30(27)14-10-8-7-9-13(14)29(20)18(15)24(34)40-4/h7-10,16-17,19H,1-6H3/t16-,17+,19+,27+/m1/s1. The number of carbonyl (C=O) groups is 6. The lowest BCUT2D eigenvalue weighted by atomic mass is 9.74. The molecule has 3 heterocycles. The zero-order valence-corrected chi connectivity index (χ0v) is 23.3. The van der Waals surface area contributed by atoms with E-state index in [2.05, 4.69) is 0 Å². The van der Waals surface area contributed by atoms with Crippen LogP contribution in [0.4, 0.5) is 5.69 Å². The highest BCUT2D eigenvalue weighted by Gasteiger charge is 2.75. The van der Waals surface area contributed by atoms with Gasteiger partial charge >= 0.3 is 35.8 Å². The Labute approximate surface area is 238 Å². The minimum atomic E-state index is -2.59. The van der Waals surface area contributed by atoms with Gasteiger partial charge in [0, 0.05) is 0 Å². The van der Waals surface area contributed by atoms with Gasteiger partial charge in [0.2, 0.25) is 0 Å². The second-order valence-electron chi connectivity index (χ2n) is 9.01. The molecule has 15 nitrogen and oxygen atoms in total. The molecular formula is C27H25N3O12. The van der Waals surface area contributed by atoms with Gasteiger partial charge in [0.15, 0.2) is 5.54 Å². The van der Waals surface area contributed by atoms with E-state index < -0.39 is 81.7 Å². The van der Waals surface area contributed by atoms with Crippen molar-refractivity contribution in [1.29, 1.82) is 5.26 Å². The Balaban J connectivity index is 2.40. The largest absolute Gasteiger partial charge is 0.469 e. The number of para-hydroxylation sites is 2. The van der Waals surface area contributed by atoms with Crippen molar-refractivity contribution >= 4 is 41.5 Å². The molecule has 1 fully saturated rings. The topological polar surface area (TPSA) is 190 Å². The molecule has 2 aliphatic heterocycles. The van der Waals surface area contributed by atoms with Crippen molar-refractivity contribution in [2.75, 3.05) is 47.6 Å². The summed E-state index contributed by atoms with van der Waals surface area (Å²) in [5.74, 6) is -10.6. The molecule has 0 spiro atoms. The van der Waals surface area contributed by atoms with Crippen LogP contribution in [0.25, 0.3) is 5.69 Å². The number of anilines is 1. The number of nitriles is 1. The number of rotatable bonds is 6. The number of benzene rings is 1. The third kappa shape index (κ3) is 3.64. The van der Waals surface area contributed by atoms with E-state index in [1.807, 2.05) is 6.07 Å². The van der Waals surface area contributed by atoms with E-state index in [-0.39, 0.29) is 11.4 Å². The van der Waals surface area contributed by atoms with Crippen molar-refractivity contribution in [3.05, 3.63) is 46.8 Å². The van der Waals surface area contributed by atoms with Crippen molar-refractivity contribution < 1.29 is 57.2 Å². The highest BCUT2D eigenvalue weighted by Crippen LogP contribution is 2.59. The number of aromatic nitrogens is 1. The molecule has 0 N–H and O–H groups in total. The van der Waals surface area contributed by atoms with Crippen LogP contribution in [0.2, 0.25) is 0 Å². The van der Waals surface area contributed by atoms with Crippen LogP contribution in [0.3, 0.4) is 0 Å². The van der Waals surface area contributed by atoms with Gasteiger partial charge in [-0.1, -0.05) is 12.1 Å². The fourth-order valence-corrected chi connectivity index (χ4v) is 6.00. The summed E-state index contributed by atoms with van der Waals surface area (Å²) >= 11 is 0. The van der Waals surface area contributed by atoms with Crippen LogP contribution in [0.1, 0.15) is 32.1 Å². The summed E-state index contributed by atoms with van der Waals surface area (Å²) in [6.45, 7) is 0. The predicted octanol–water partition coefficient (Wildman–Crippen LogP) is 0.244. The summed E-state index contributed by atoms with van der Waals surface area (Å²) in [7, 11) is 6.04. The minimum absolute atomic E-state index is 0.0205. The Hall–Kier alpha value is -5.39. The number of hydrogen-bond donors (Lipinski definition) is 0. The Kier molecular flexibility index (Phi) is 7.67. The summed E-state index contributed by atoms with van der Waals surface area (Å²) in [5, 5.41) is 10.5. The molecule has 0 amide bonds. The Morgan fingerprint density at radius 1 is 0.762 bits per heavy atom. The Morgan fingerprint density at radius 3 is 1.83 bits per heavy atom. The van der Waals surface area contributed by atoms with Gasteiger partial charge in [0.05, 0.1) is 65.3 Å². The predicted molar refractivity (Wildman–Crippen MR) is 136 cm³/mol. The van der Waals surface area contributed by atoms with E-state index in [1.54, 1.807) is 0 Å². The van der Waals surface area contributed by atoms with Gasteiger partial charge in [-0.3, -0.25) is 9.59 Å². The third-order valence-electron chi connectivity index (χ3n) is 7.47. The number of carbonyl (C=O) groups excluding carboxylic acids is 6. The summed E-state index contributed by atoms with van der Waals surface area (Å²) in [4.78, 5) is 82.3. The molecule has 1 aromatic carbocycles. The third-order valence-corrected chi connectivity index (χ3v) is 7.47. The molecule has 4 rings (SSSR count). The summed E-state index contributed by atoms with van der Waals surface area (Å²) in [6, 6.07) is 6.05. The van der Waals surface area contributed by atoms with Crippen LogP contribution >= 0.6 is 0 Å². The maximum absolute atomic E-state index is 14.2. The lowest BCUT2D eigenvalue weighted by molar-refractivity contribution is -0.165. The molecule has 0 aliphatic carbocycles. The van der Waals surface area contributed by atoms with Gasteiger partial charge in [-0.15, -0.1) is 0 Å². The first-order chi connectivity index (χ1) is 20.1. The Morgan fingerprint density at radius 2 is 1.33 bits per heavy atom. The number of methoxy groups -OCH3 is 6. The minimum Gasteiger partial charge on any atom is -0.469 e. The fourth-order valence-electron chi connectivity index (χ4n) is 6.00. The number of nitrogens with zero attached hydrogens (tertiary/aromatic N) is 3. The lowest BCUT2D eigenvalue weighted by Gasteiger charge is -2.46. The molecule has 0 radical (unpaired) electrons. The van der Waals surface area contributed by atoms with Crippen LogP contribution in [0.15, 0.2) is 24.3 Å². The van der Waals surface area contributed by atoms with Gasteiger partial charge in [-0.25, -0.2) is 19.2 Å². The van der Waals surface area contributed by atoms with Gasteiger partial charge < -0.3 is 37.9 Å². The van der Waals surface area contributed by atoms with E-state index in [1.165, 1.54) is 24.3 Å². The van der Waals surface area contributed by atoms with Crippen LogP contribution in [0, 0.1) is 23.2 Å². The van der Waals surface area contributed by atoms with Crippen LogP contribution < -0.4 is 4.90 Å². The zero-order valence-electron chi connectivity index (χ0n) is 23.3. The van der Waals surface area contributed by atoms with E-state index >= 15 is 0 Å². The highest BCUT2D eigenvalue weighted by molar-refractivity contribution is 6.10. The van der Waals surface area contributed by atoms with Gasteiger partial charge in [-0.2, -0.15) is 5.26 Å². The molecule has 2 aromatic rings. The average Bonchev–Trinajstić information content (AvgIpc) is 3.55. The van der Waals surface area contributed by atoms with Crippen LogP contribution in [-0.2, 0) is 53.1 Å². The first kappa shape index (κ1) is 29.6. The lowest BCUT2D eigenvalue weighted by Crippen LogP contribution is -2.60. The first-order valence-corrected chi connectivity index (χ1v) is 12.1. The smallest absolute Gasteiger partial charge is 0.356 e. The quantitative estimate of drug-likeness (QED) is 0.332. The van der Waals surface area contributed by atoms with Crippen molar-refractivity contribution in [3.8, 4) is 11.8 Å². The van der Waals surface area contributed by atoms with Crippen molar-refractivity contribution in [2.24, 2.45) is 11.8 Å². The van der Waals surface area contributed by atoms with Crippen molar-refractivity contribution in [3.63, 3.8) is 0 Å². The van der Waals surface area contributed by atoms with E-state index in [0.717, 1.165) is 52.1 Å². The zero-order chi connectivity index (χ0) is 31.1. The molecule has 1 saturated heterocycles. The molecule has 4 atom stereocenters. The second kappa shape index (κ2) is 10.9. The number of hydrogen-bond acceptors (Lipinski definition) is 14. The number of ether oxygens (including phenoxy) is 6. The molecule has 42 heavy (non-hydrogen) atoms. The summed E-state index contributed by atoms with van der Waals surface area (Å²) in [6.07, 6.45) is 0. The molecule has 220 valence electrons. The Bertz CT molecular complexity index is 1570. The van der Waals surface area contributed by atoms with Crippen LogP contribution in [-0.4, -0.2) is 89.1 Å². The SMILES string of the molecule is COC(=O)c1c(C#N)c2n(c1C(=O)OC)-c1ccccc1N1[C@H](C(=O)OC)[C@H](C(=O)OC)[C@@H](C(=O)OC)[C@@]21C(=O)OC. The maximum atomic E-state index is 14.2. The number of fused-ring (bicyclic) bond motifs is 6. The molecule has 2 aliphatic rings. The summed E-state index contributed by atoms with van der Waals surface area (Å²) < 4.78 is 31.1. The van der Waals surface area contributed by atoms with Gasteiger partial charge in [0.25, 0.3) is 0 Å². The normalized spacial score (nSPS) is 21.5.